The van der Waals surface area contributed by atoms with Crippen LogP contribution in [0.1, 0.15) is 37.2 Å². The van der Waals surface area contributed by atoms with Crippen LogP contribution in [0.2, 0.25) is 0 Å². The highest BCUT2D eigenvalue weighted by molar-refractivity contribution is 5.48. The summed E-state index contributed by atoms with van der Waals surface area (Å²) < 4.78 is 18.8. The average Bonchev–Trinajstić information content (AvgIpc) is 2.51. The Morgan fingerprint density at radius 3 is 2.24 bits per heavy atom. The highest BCUT2D eigenvalue weighted by Gasteiger charge is 2.24. The average molecular weight is 285 g/mol. The Balaban J connectivity index is 1.58. The maximum absolute atomic E-state index is 12.9. The van der Waals surface area contributed by atoms with E-state index in [1.54, 1.807) is 12.1 Å². The second-order valence-corrected chi connectivity index (χ2v) is 5.67. The molecule has 0 heterocycles. The van der Waals surface area contributed by atoms with Gasteiger partial charge in [-0.15, -0.1) is 0 Å². The molecule has 1 fully saturated rings. The Bertz CT molecular complexity index is 588. The molecule has 2 aromatic carbocycles. The second-order valence-electron chi connectivity index (χ2n) is 5.67. The second kappa shape index (κ2) is 6.17. The lowest BCUT2D eigenvalue weighted by Crippen LogP contribution is -2.23. The molecule has 3 rings (SSSR count). The summed E-state index contributed by atoms with van der Waals surface area (Å²) in [5.41, 5.74) is 8.21. The third-order valence-corrected chi connectivity index (χ3v) is 4.23. The molecule has 2 nitrogen and oxygen atoms in total. The van der Waals surface area contributed by atoms with Crippen molar-refractivity contribution < 1.29 is 9.13 Å². The molecule has 0 saturated heterocycles. The summed E-state index contributed by atoms with van der Waals surface area (Å²) in [7, 11) is 0. The van der Waals surface area contributed by atoms with Gasteiger partial charge in [-0.05, 0) is 67.5 Å². The van der Waals surface area contributed by atoms with Crippen LogP contribution < -0.4 is 10.5 Å². The van der Waals surface area contributed by atoms with Gasteiger partial charge in [0, 0.05) is 5.69 Å². The standard InChI is InChI=1S/C18H20FNO/c19-14-7-11-16(12-8-14)21-15-9-5-13(6-10-15)17-3-1-2-4-18(17)20/h1-4,7-8,11-13,15H,5-6,9-10,20H2. The highest BCUT2D eigenvalue weighted by atomic mass is 19.1. The van der Waals surface area contributed by atoms with Crippen molar-refractivity contribution in [1.29, 1.82) is 0 Å². The van der Waals surface area contributed by atoms with E-state index < -0.39 is 0 Å². The minimum Gasteiger partial charge on any atom is -0.490 e. The molecule has 0 radical (unpaired) electrons. The maximum Gasteiger partial charge on any atom is 0.123 e. The van der Waals surface area contributed by atoms with Gasteiger partial charge in [-0.25, -0.2) is 4.39 Å². The molecule has 1 saturated carbocycles. The van der Waals surface area contributed by atoms with E-state index in [0.29, 0.717) is 5.92 Å². The molecule has 2 aromatic rings. The fourth-order valence-corrected chi connectivity index (χ4v) is 3.08. The Morgan fingerprint density at radius 1 is 0.905 bits per heavy atom. The number of halogens is 1. The number of ether oxygens (including phenoxy) is 1. The third-order valence-electron chi connectivity index (χ3n) is 4.23. The van der Waals surface area contributed by atoms with Crippen LogP contribution >= 0.6 is 0 Å². The van der Waals surface area contributed by atoms with Crippen LogP contribution in [0.4, 0.5) is 10.1 Å². The summed E-state index contributed by atoms with van der Waals surface area (Å²) in [6.07, 6.45) is 4.41. The van der Waals surface area contributed by atoms with Crippen LogP contribution in [0.5, 0.6) is 5.75 Å². The molecule has 0 atom stereocenters. The van der Waals surface area contributed by atoms with Gasteiger partial charge >= 0.3 is 0 Å². The van der Waals surface area contributed by atoms with Gasteiger partial charge in [0.1, 0.15) is 11.6 Å². The SMILES string of the molecule is Nc1ccccc1C1CCC(Oc2ccc(F)cc2)CC1. The summed E-state index contributed by atoms with van der Waals surface area (Å²) in [6.45, 7) is 0. The number of rotatable bonds is 3. The fourth-order valence-electron chi connectivity index (χ4n) is 3.08. The van der Waals surface area contributed by atoms with Crippen LogP contribution in [0.25, 0.3) is 0 Å². The van der Waals surface area contributed by atoms with Crippen molar-refractivity contribution >= 4 is 5.69 Å². The Kier molecular flexibility index (Phi) is 4.09. The van der Waals surface area contributed by atoms with Crippen LogP contribution in [0.3, 0.4) is 0 Å². The molecule has 21 heavy (non-hydrogen) atoms. The van der Waals surface area contributed by atoms with E-state index in [1.165, 1.54) is 17.7 Å². The minimum atomic E-state index is -0.231. The van der Waals surface area contributed by atoms with Gasteiger partial charge in [0.15, 0.2) is 0 Å². The Hall–Kier alpha value is -2.03. The lowest BCUT2D eigenvalue weighted by molar-refractivity contribution is 0.146. The first-order valence-electron chi connectivity index (χ1n) is 7.49. The van der Waals surface area contributed by atoms with Crippen LogP contribution in [0, 0.1) is 5.82 Å². The first-order valence-corrected chi connectivity index (χ1v) is 7.49. The first kappa shape index (κ1) is 13.9. The molecule has 0 bridgehead atoms. The monoisotopic (exact) mass is 285 g/mol. The lowest BCUT2D eigenvalue weighted by atomic mass is 9.82. The maximum atomic E-state index is 12.9. The molecule has 3 heteroatoms. The number of hydrogen-bond acceptors (Lipinski definition) is 2. The van der Waals surface area contributed by atoms with Gasteiger partial charge in [-0.3, -0.25) is 0 Å². The first-order chi connectivity index (χ1) is 10.2. The minimum absolute atomic E-state index is 0.219. The van der Waals surface area contributed by atoms with Crippen molar-refractivity contribution in [2.75, 3.05) is 5.73 Å². The van der Waals surface area contributed by atoms with Crippen molar-refractivity contribution in [1.82, 2.24) is 0 Å². The summed E-state index contributed by atoms with van der Waals surface area (Å²) >= 11 is 0. The third kappa shape index (κ3) is 3.35. The summed E-state index contributed by atoms with van der Waals surface area (Å²) in [4.78, 5) is 0. The van der Waals surface area contributed by atoms with E-state index in [9.17, 15) is 4.39 Å². The van der Waals surface area contributed by atoms with Gasteiger partial charge < -0.3 is 10.5 Å². The molecular formula is C18H20FNO. The number of para-hydroxylation sites is 1. The summed E-state index contributed by atoms with van der Waals surface area (Å²) in [5.74, 6) is 1.05. The number of nitrogens with two attached hydrogens (primary N) is 1. The van der Waals surface area contributed by atoms with Gasteiger partial charge in [0.05, 0.1) is 6.10 Å². The largest absolute Gasteiger partial charge is 0.490 e. The summed E-state index contributed by atoms with van der Waals surface area (Å²) in [6, 6.07) is 14.4. The molecule has 0 aromatic heterocycles. The molecule has 1 aliphatic rings. The molecule has 2 N–H and O–H groups in total. The molecule has 0 amide bonds. The normalized spacial score (nSPS) is 22.0. The number of hydrogen-bond donors (Lipinski definition) is 1. The van der Waals surface area contributed by atoms with Crippen molar-refractivity contribution in [3.63, 3.8) is 0 Å². The molecule has 0 aliphatic heterocycles. The Labute approximate surface area is 124 Å². The fraction of sp³-hybridized carbons (Fsp3) is 0.333. The van der Waals surface area contributed by atoms with E-state index in [1.807, 2.05) is 18.2 Å². The zero-order valence-electron chi connectivity index (χ0n) is 12.0. The number of anilines is 1. The van der Waals surface area contributed by atoms with Gasteiger partial charge in [-0.1, -0.05) is 18.2 Å². The summed E-state index contributed by atoms with van der Waals surface area (Å²) in [5, 5.41) is 0. The van der Waals surface area contributed by atoms with E-state index >= 15 is 0 Å². The molecule has 110 valence electrons. The molecule has 1 aliphatic carbocycles. The highest BCUT2D eigenvalue weighted by Crippen LogP contribution is 2.36. The van der Waals surface area contributed by atoms with Crippen molar-refractivity contribution in [2.45, 2.75) is 37.7 Å². The zero-order chi connectivity index (χ0) is 14.7. The Morgan fingerprint density at radius 2 is 1.57 bits per heavy atom. The van der Waals surface area contributed by atoms with Gasteiger partial charge in [0.2, 0.25) is 0 Å². The van der Waals surface area contributed by atoms with E-state index in [-0.39, 0.29) is 11.9 Å². The van der Waals surface area contributed by atoms with Crippen LogP contribution in [-0.2, 0) is 0 Å². The number of nitrogen functional groups attached to an aromatic ring is 1. The van der Waals surface area contributed by atoms with Gasteiger partial charge in [0.25, 0.3) is 0 Å². The zero-order valence-corrected chi connectivity index (χ0v) is 12.0. The molecule has 0 spiro atoms. The molecular weight excluding hydrogens is 265 g/mol. The van der Waals surface area contributed by atoms with E-state index in [2.05, 4.69) is 6.07 Å². The quantitative estimate of drug-likeness (QED) is 0.842. The van der Waals surface area contributed by atoms with E-state index in [4.69, 9.17) is 10.5 Å². The smallest absolute Gasteiger partial charge is 0.123 e. The van der Waals surface area contributed by atoms with Crippen LogP contribution in [-0.4, -0.2) is 6.10 Å². The van der Waals surface area contributed by atoms with Crippen molar-refractivity contribution in [3.8, 4) is 5.75 Å². The van der Waals surface area contributed by atoms with Crippen molar-refractivity contribution in [3.05, 3.63) is 59.9 Å². The van der Waals surface area contributed by atoms with Gasteiger partial charge in [-0.2, -0.15) is 0 Å². The number of benzene rings is 2. The topological polar surface area (TPSA) is 35.2 Å². The predicted octanol–water partition coefficient (Wildman–Crippen LogP) is 4.51. The van der Waals surface area contributed by atoms with Crippen molar-refractivity contribution in [2.24, 2.45) is 0 Å². The molecule has 0 unspecified atom stereocenters. The predicted molar refractivity (Wildman–Crippen MR) is 82.9 cm³/mol. The van der Waals surface area contributed by atoms with Crippen LogP contribution in [0.15, 0.2) is 48.5 Å². The van der Waals surface area contributed by atoms with E-state index in [0.717, 1.165) is 37.1 Å². The lowest BCUT2D eigenvalue weighted by Gasteiger charge is -2.29.